The molecule has 1 aromatic carbocycles. The fourth-order valence-electron chi connectivity index (χ4n) is 1.79. The Labute approximate surface area is 133 Å². The average molecular weight is 331 g/mol. The van der Waals surface area contributed by atoms with Gasteiger partial charge in [-0.25, -0.2) is 13.1 Å². The molecule has 0 spiro atoms. The quantitative estimate of drug-likeness (QED) is 0.730. The van der Waals surface area contributed by atoms with Crippen LogP contribution in [0.5, 0.6) is 0 Å². The normalized spacial score (nSPS) is 13.6. The Morgan fingerprint density at radius 3 is 2.29 bits per heavy atom. The van der Waals surface area contributed by atoms with Crippen molar-refractivity contribution in [1.82, 2.24) is 10.0 Å². The van der Waals surface area contributed by atoms with Crippen molar-refractivity contribution in [3.8, 4) is 0 Å². The van der Waals surface area contributed by atoms with Gasteiger partial charge in [0.25, 0.3) is 0 Å². The summed E-state index contributed by atoms with van der Waals surface area (Å²) >= 11 is 1.72. The van der Waals surface area contributed by atoms with Crippen molar-refractivity contribution in [3.05, 3.63) is 29.8 Å². The van der Waals surface area contributed by atoms with E-state index in [1.54, 1.807) is 23.9 Å². The van der Waals surface area contributed by atoms with E-state index in [0.29, 0.717) is 23.4 Å². The molecule has 0 bridgehead atoms. The van der Waals surface area contributed by atoms with Gasteiger partial charge in [0.05, 0.1) is 4.90 Å². The Bertz CT molecular complexity index is 513. The van der Waals surface area contributed by atoms with Crippen molar-refractivity contribution >= 4 is 21.8 Å². The third-order valence-electron chi connectivity index (χ3n) is 3.02. The van der Waals surface area contributed by atoms with Crippen LogP contribution in [0.2, 0.25) is 0 Å². The van der Waals surface area contributed by atoms with Crippen LogP contribution in [0.1, 0.15) is 26.3 Å². The average Bonchev–Trinajstić information content (AvgIpc) is 2.44. The molecule has 1 aromatic rings. The van der Waals surface area contributed by atoms with Crippen LogP contribution in [0.15, 0.2) is 29.2 Å². The number of hydrogen-bond acceptors (Lipinski definition) is 4. The van der Waals surface area contributed by atoms with E-state index in [1.165, 1.54) is 0 Å². The number of benzene rings is 1. The molecular formula is C15H26N2O2S2. The van der Waals surface area contributed by atoms with Crippen molar-refractivity contribution in [2.24, 2.45) is 5.92 Å². The molecule has 1 rings (SSSR count). The van der Waals surface area contributed by atoms with E-state index in [1.807, 2.05) is 25.3 Å². The highest BCUT2D eigenvalue weighted by atomic mass is 32.2. The molecule has 0 saturated carbocycles. The molecule has 0 heterocycles. The SMILES string of the molecule is CSCC(C)CNS(=O)(=O)c1ccc(CNC(C)C)cc1. The Morgan fingerprint density at radius 2 is 1.76 bits per heavy atom. The van der Waals surface area contributed by atoms with Crippen LogP contribution in [0.3, 0.4) is 0 Å². The van der Waals surface area contributed by atoms with Crippen LogP contribution in [0.25, 0.3) is 0 Å². The molecule has 2 N–H and O–H groups in total. The van der Waals surface area contributed by atoms with Crippen molar-refractivity contribution in [1.29, 1.82) is 0 Å². The molecule has 1 atom stereocenters. The summed E-state index contributed by atoms with van der Waals surface area (Å²) in [6, 6.07) is 7.45. The van der Waals surface area contributed by atoms with Crippen LogP contribution >= 0.6 is 11.8 Å². The summed E-state index contributed by atoms with van der Waals surface area (Å²) in [5, 5.41) is 3.31. The minimum absolute atomic E-state index is 0.323. The third kappa shape index (κ3) is 6.82. The molecule has 120 valence electrons. The number of hydrogen-bond donors (Lipinski definition) is 2. The largest absolute Gasteiger partial charge is 0.310 e. The van der Waals surface area contributed by atoms with E-state index in [-0.39, 0.29) is 0 Å². The maximum Gasteiger partial charge on any atom is 0.240 e. The van der Waals surface area contributed by atoms with E-state index in [4.69, 9.17) is 0 Å². The van der Waals surface area contributed by atoms with Crippen molar-refractivity contribution in [2.75, 3.05) is 18.6 Å². The summed E-state index contributed by atoms with van der Waals surface area (Å²) < 4.78 is 27.0. The molecule has 1 unspecified atom stereocenters. The van der Waals surface area contributed by atoms with Crippen LogP contribution in [-0.2, 0) is 16.6 Å². The van der Waals surface area contributed by atoms with Gasteiger partial charge in [0.15, 0.2) is 0 Å². The number of thioether (sulfide) groups is 1. The lowest BCUT2D eigenvalue weighted by atomic mass is 10.2. The number of nitrogens with one attached hydrogen (secondary N) is 2. The molecule has 6 heteroatoms. The molecule has 0 fully saturated rings. The first-order valence-electron chi connectivity index (χ1n) is 7.16. The van der Waals surface area contributed by atoms with Gasteiger partial charge in [0, 0.05) is 19.1 Å². The highest BCUT2D eigenvalue weighted by molar-refractivity contribution is 7.98. The minimum atomic E-state index is -3.40. The molecule has 0 aliphatic rings. The van der Waals surface area contributed by atoms with E-state index in [2.05, 4.69) is 23.9 Å². The predicted octanol–water partition coefficient (Wildman–Crippen LogP) is 2.46. The summed E-state index contributed by atoms with van der Waals surface area (Å²) in [7, 11) is -3.40. The first kappa shape index (κ1) is 18.5. The van der Waals surface area contributed by atoms with Crippen LogP contribution in [0, 0.1) is 5.92 Å². The van der Waals surface area contributed by atoms with Crippen LogP contribution < -0.4 is 10.0 Å². The highest BCUT2D eigenvalue weighted by Crippen LogP contribution is 2.12. The summed E-state index contributed by atoms with van der Waals surface area (Å²) in [5.41, 5.74) is 1.08. The lowest BCUT2D eigenvalue weighted by Crippen LogP contribution is -2.29. The molecule has 0 saturated heterocycles. The fourth-order valence-corrected chi connectivity index (χ4v) is 3.64. The van der Waals surface area contributed by atoms with Gasteiger partial charge < -0.3 is 5.32 Å². The smallest absolute Gasteiger partial charge is 0.240 e. The van der Waals surface area contributed by atoms with Crippen molar-refractivity contribution < 1.29 is 8.42 Å². The Kier molecular flexibility index (Phi) is 7.73. The maximum atomic E-state index is 12.2. The number of sulfonamides is 1. The Balaban J connectivity index is 2.62. The topological polar surface area (TPSA) is 58.2 Å². The molecule has 0 aliphatic carbocycles. The zero-order valence-corrected chi connectivity index (χ0v) is 14.9. The van der Waals surface area contributed by atoms with Gasteiger partial charge in [-0.05, 0) is 35.6 Å². The molecule has 0 amide bonds. The Morgan fingerprint density at radius 1 is 1.14 bits per heavy atom. The first-order chi connectivity index (χ1) is 9.85. The zero-order valence-electron chi connectivity index (χ0n) is 13.2. The fraction of sp³-hybridized carbons (Fsp3) is 0.600. The highest BCUT2D eigenvalue weighted by Gasteiger charge is 2.14. The second-order valence-electron chi connectivity index (χ2n) is 5.59. The summed E-state index contributed by atoms with van der Waals surface area (Å²) in [4.78, 5) is 0.326. The Hall–Kier alpha value is -0.560. The van der Waals surface area contributed by atoms with Gasteiger partial charge in [0.2, 0.25) is 10.0 Å². The van der Waals surface area contributed by atoms with Crippen molar-refractivity contribution in [3.63, 3.8) is 0 Å². The third-order valence-corrected chi connectivity index (χ3v) is 5.36. The van der Waals surface area contributed by atoms with Crippen LogP contribution in [-0.4, -0.2) is 33.0 Å². The van der Waals surface area contributed by atoms with Gasteiger partial charge in [-0.15, -0.1) is 0 Å². The monoisotopic (exact) mass is 330 g/mol. The zero-order chi connectivity index (χ0) is 15.9. The molecule has 0 aliphatic heterocycles. The van der Waals surface area contributed by atoms with Gasteiger partial charge in [-0.2, -0.15) is 11.8 Å². The van der Waals surface area contributed by atoms with Crippen molar-refractivity contribution in [2.45, 2.75) is 38.3 Å². The standard InChI is InChI=1S/C15H26N2O2S2/c1-12(2)16-10-14-5-7-15(8-6-14)21(18,19)17-9-13(3)11-20-4/h5-8,12-13,16-17H,9-11H2,1-4H3. The first-order valence-corrected chi connectivity index (χ1v) is 10.0. The van der Waals surface area contributed by atoms with Crippen LogP contribution in [0.4, 0.5) is 0 Å². The molecule has 4 nitrogen and oxygen atoms in total. The summed E-state index contributed by atoms with van der Waals surface area (Å²) in [5.74, 6) is 1.27. The van der Waals surface area contributed by atoms with Gasteiger partial charge in [0.1, 0.15) is 0 Å². The predicted molar refractivity (Wildman–Crippen MR) is 91.2 cm³/mol. The summed E-state index contributed by atoms with van der Waals surface area (Å²) in [6.45, 7) is 7.42. The van der Waals surface area contributed by atoms with E-state index in [0.717, 1.165) is 17.9 Å². The van der Waals surface area contributed by atoms with Gasteiger partial charge >= 0.3 is 0 Å². The summed E-state index contributed by atoms with van der Waals surface area (Å²) in [6.07, 6.45) is 2.02. The molecular weight excluding hydrogens is 304 g/mol. The second-order valence-corrected chi connectivity index (χ2v) is 8.27. The van der Waals surface area contributed by atoms with E-state index >= 15 is 0 Å². The minimum Gasteiger partial charge on any atom is -0.310 e. The van der Waals surface area contributed by atoms with Gasteiger partial charge in [-0.1, -0.05) is 32.9 Å². The lowest BCUT2D eigenvalue weighted by Gasteiger charge is -2.12. The second kappa shape index (κ2) is 8.78. The number of rotatable bonds is 9. The molecule has 21 heavy (non-hydrogen) atoms. The lowest BCUT2D eigenvalue weighted by molar-refractivity contribution is 0.562. The van der Waals surface area contributed by atoms with Gasteiger partial charge in [-0.3, -0.25) is 0 Å². The maximum absolute atomic E-state index is 12.2. The van der Waals surface area contributed by atoms with E-state index < -0.39 is 10.0 Å². The molecule has 0 aromatic heterocycles. The molecule has 0 radical (unpaired) electrons. The van der Waals surface area contributed by atoms with E-state index in [9.17, 15) is 8.42 Å².